The van der Waals surface area contributed by atoms with Gasteiger partial charge in [-0.15, -0.1) is 11.3 Å². The highest BCUT2D eigenvalue weighted by Gasteiger charge is 2.40. The molecule has 0 bridgehead atoms. The molecular weight excluding hydrogens is 212 g/mol. The van der Waals surface area contributed by atoms with Crippen molar-refractivity contribution < 1.29 is 0 Å². The second-order valence-corrected chi connectivity index (χ2v) is 6.02. The minimum atomic E-state index is 0.122. The number of aromatic nitrogens is 1. The van der Waals surface area contributed by atoms with Gasteiger partial charge in [0.2, 0.25) is 0 Å². The largest absolute Gasteiger partial charge is 0.308 e. The van der Waals surface area contributed by atoms with Crippen LogP contribution in [0.2, 0.25) is 0 Å². The molecule has 1 fully saturated rings. The maximum Gasteiger partial charge on any atom is 0.114 e. The molecule has 2 rings (SSSR count). The van der Waals surface area contributed by atoms with Crippen LogP contribution in [0.5, 0.6) is 0 Å². The quantitative estimate of drug-likeness (QED) is 0.842. The van der Waals surface area contributed by atoms with E-state index >= 15 is 0 Å². The Morgan fingerprint density at radius 1 is 1.64 bits per heavy atom. The molecule has 1 aliphatic heterocycles. The molecule has 0 aromatic carbocycles. The summed E-state index contributed by atoms with van der Waals surface area (Å²) in [5.41, 5.74) is 0.122. The summed E-state index contributed by atoms with van der Waals surface area (Å²) in [6, 6.07) is 0. The Morgan fingerprint density at radius 2 is 2.50 bits per heavy atom. The average molecular weight is 228 g/mol. The van der Waals surface area contributed by atoms with Crippen LogP contribution in [0.25, 0.3) is 0 Å². The fourth-order valence-electron chi connectivity index (χ4n) is 2.12. The van der Waals surface area contributed by atoms with Crippen LogP contribution < -0.4 is 5.32 Å². The normalized spacial score (nSPS) is 33.1. The molecule has 4 heteroatoms. The standard InChI is InChI=1S/C10H16N2S2/c1-8-10(11-2,4-3-6-13-8)9-12-5-7-14-9/h5,7-8,11H,3-4,6H2,1-2H3. The summed E-state index contributed by atoms with van der Waals surface area (Å²) in [4.78, 5) is 4.48. The van der Waals surface area contributed by atoms with Gasteiger partial charge in [0, 0.05) is 16.8 Å². The van der Waals surface area contributed by atoms with Crippen molar-refractivity contribution in [2.75, 3.05) is 12.8 Å². The lowest BCUT2D eigenvalue weighted by atomic mass is 9.90. The zero-order chi connectivity index (χ0) is 10.0. The molecule has 2 unspecified atom stereocenters. The minimum Gasteiger partial charge on any atom is -0.308 e. The van der Waals surface area contributed by atoms with E-state index in [2.05, 4.69) is 41.4 Å². The summed E-state index contributed by atoms with van der Waals surface area (Å²) in [5, 5.41) is 7.43. The van der Waals surface area contributed by atoms with Crippen LogP contribution >= 0.6 is 23.1 Å². The van der Waals surface area contributed by atoms with Gasteiger partial charge in [-0.3, -0.25) is 0 Å². The van der Waals surface area contributed by atoms with Gasteiger partial charge in [-0.05, 0) is 25.6 Å². The maximum atomic E-state index is 4.48. The number of thioether (sulfide) groups is 1. The number of rotatable bonds is 2. The van der Waals surface area contributed by atoms with Gasteiger partial charge < -0.3 is 5.32 Å². The number of nitrogens with one attached hydrogen (secondary N) is 1. The number of hydrogen-bond donors (Lipinski definition) is 1. The summed E-state index contributed by atoms with van der Waals surface area (Å²) in [6.07, 6.45) is 4.41. The predicted octanol–water partition coefficient (Wildman–Crippen LogP) is 2.47. The molecule has 1 N–H and O–H groups in total. The zero-order valence-electron chi connectivity index (χ0n) is 8.62. The van der Waals surface area contributed by atoms with E-state index in [1.54, 1.807) is 11.3 Å². The highest BCUT2D eigenvalue weighted by molar-refractivity contribution is 8.00. The van der Waals surface area contributed by atoms with Crippen molar-refractivity contribution in [2.45, 2.75) is 30.6 Å². The topological polar surface area (TPSA) is 24.9 Å². The summed E-state index contributed by atoms with van der Waals surface area (Å²) in [6.45, 7) is 2.31. The molecule has 0 amide bonds. The van der Waals surface area contributed by atoms with Gasteiger partial charge in [-0.25, -0.2) is 4.98 Å². The van der Waals surface area contributed by atoms with Crippen LogP contribution in [-0.4, -0.2) is 23.0 Å². The second-order valence-electron chi connectivity index (χ2n) is 3.68. The predicted molar refractivity (Wildman–Crippen MR) is 64.0 cm³/mol. The Morgan fingerprint density at radius 3 is 3.07 bits per heavy atom. The first-order chi connectivity index (χ1) is 6.79. The van der Waals surface area contributed by atoms with Gasteiger partial charge in [-0.2, -0.15) is 11.8 Å². The highest BCUT2D eigenvalue weighted by atomic mass is 32.2. The van der Waals surface area contributed by atoms with Crippen molar-refractivity contribution in [2.24, 2.45) is 0 Å². The zero-order valence-corrected chi connectivity index (χ0v) is 10.3. The molecule has 1 aromatic heterocycles. The minimum absolute atomic E-state index is 0.122. The molecule has 14 heavy (non-hydrogen) atoms. The Labute approximate surface area is 93.5 Å². The summed E-state index contributed by atoms with van der Waals surface area (Å²) in [5.74, 6) is 1.29. The van der Waals surface area contributed by atoms with Gasteiger partial charge in [0.1, 0.15) is 5.01 Å². The van der Waals surface area contributed by atoms with Crippen LogP contribution in [-0.2, 0) is 5.54 Å². The highest BCUT2D eigenvalue weighted by Crippen LogP contribution is 2.41. The van der Waals surface area contributed by atoms with E-state index in [4.69, 9.17) is 0 Å². The lowest BCUT2D eigenvalue weighted by molar-refractivity contribution is 0.318. The first-order valence-electron chi connectivity index (χ1n) is 5.00. The van der Waals surface area contributed by atoms with Gasteiger partial charge in [0.25, 0.3) is 0 Å². The number of nitrogens with zero attached hydrogens (tertiary/aromatic N) is 1. The van der Waals surface area contributed by atoms with E-state index in [0.29, 0.717) is 5.25 Å². The first-order valence-corrected chi connectivity index (χ1v) is 6.93. The second kappa shape index (κ2) is 4.21. The SMILES string of the molecule is CNC1(c2nccs2)CCCSC1C. The lowest BCUT2D eigenvalue weighted by Gasteiger charge is -2.40. The van der Waals surface area contributed by atoms with Crippen LogP contribution in [0.1, 0.15) is 24.8 Å². The van der Waals surface area contributed by atoms with Crippen molar-refractivity contribution >= 4 is 23.1 Å². The molecular formula is C10H16N2S2. The van der Waals surface area contributed by atoms with E-state index in [-0.39, 0.29) is 5.54 Å². The fraction of sp³-hybridized carbons (Fsp3) is 0.700. The summed E-state index contributed by atoms with van der Waals surface area (Å²) in [7, 11) is 2.06. The van der Waals surface area contributed by atoms with Crippen molar-refractivity contribution in [3.63, 3.8) is 0 Å². The van der Waals surface area contributed by atoms with Crippen LogP contribution in [0.15, 0.2) is 11.6 Å². The molecule has 1 saturated heterocycles. The molecule has 2 nitrogen and oxygen atoms in total. The van der Waals surface area contributed by atoms with Crippen molar-refractivity contribution in [3.8, 4) is 0 Å². The summed E-state index contributed by atoms with van der Waals surface area (Å²) >= 11 is 3.82. The van der Waals surface area contributed by atoms with E-state index in [1.807, 2.05) is 6.20 Å². The molecule has 0 radical (unpaired) electrons. The van der Waals surface area contributed by atoms with Crippen molar-refractivity contribution in [3.05, 3.63) is 16.6 Å². The van der Waals surface area contributed by atoms with Crippen LogP contribution in [0.3, 0.4) is 0 Å². The fourth-order valence-corrected chi connectivity index (χ4v) is 4.45. The first kappa shape index (κ1) is 10.5. The molecule has 78 valence electrons. The van der Waals surface area contributed by atoms with Gasteiger partial charge in [0.05, 0.1) is 5.54 Å². The average Bonchev–Trinajstić information content (AvgIpc) is 2.72. The molecule has 1 aliphatic rings. The molecule has 2 atom stereocenters. The maximum absolute atomic E-state index is 4.48. The van der Waals surface area contributed by atoms with Gasteiger partial charge >= 0.3 is 0 Å². The van der Waals surface area contributed by atoms with Crippen LogP contribution in [0.4, 0.5) is 0 Å². The smallest absolute Gasteiger partial charge is 0.114 e. The third-order valence-electron chi connectivity index (χ3n) is 3.04. The van der Waals surface area contributed by atoms with Gasteiger partial charge in [0.15, 0.2) is 0 Å². The Hall–Kier alpha value is -0.0600. The molecule has 1 aromatic rings. The van der Waals surface area contributed by atoms with Gasteiger partial charge in [-0.1, -0.05) is 6.92 Å². The van der Waals surface area contributed by atoms with E-state index in [9.17, 15) is 0 Å². The number of thiazole rings is 1. The Bertz CT molecular complexity index is 286. The summed E-state index contributed by atoms with van der Waals surface area (Å²) < 4.78 is 0. The van der Waals surface area contributed by atoms with E-state index < -0.39 is 0 Å². The lowest BCUT2D eigenvalue weighted by Crippen LogP contribution is -2.49. The Kier molecular flexibility index (Phi) is 3.14. The third kappa shape index (κ3) is 1.59. The van der Waals surface area contributed by atoms with E-state index in [0.717, 1.165) is 0 Å². The molecule has 0 saturated carbocycles. The van der Waals surface area contributed by atoms with Crippen LogP contribution in [0, 0.1) is 0 Å². The molecule has 2 heterocycles. The monoisotopic (exact) mass is 228 g/mol. The Balaban J connectivity index is 2.32. The molecule has 0 spiro atoms. The van der Waals surface area contributed by atoms with Crippen molar-refractivity contribution in [1.29, 1.82) is 0 Å². The van der Waals surface area contributed by atoms with E-state index in [1.165, 1.54) is 23.6 Å². The number of hydrogen-bond acceptors (Lipinski definition) is 4. The third-order valence-corrected chi connectivity index (χ3v) is 5.41. The van der Waals surface area contributed by atoms with Crippen molar-refractivity contribution in [1.82, 2.24) is 10.3 Å². The molecule has 0 aliphatic carbocycles.